The van der Waals surface area contributed by atoms with Crippen molar-refractivity contribution in [3.05, 3.63) is 0 Å². The minimum absolute atomic E-state index is 0.200. The van der Waals surface area contributed by atoms with Crippen LogP contribution in [0.3, 0.4) is 0 Å². The normalized spacial score (nSPS) is 23.8. The molecule has 0 unspecified atom stereocenters. The molecule has 2 aliphatic rings. The highest BCUT2D eigenvalue weighted by Crippen LogP contribution is 2.29. The van der Waals surface area contributed by atoms with E-state index < -0.39 is 0 Å². The Balaban J connectivity index is 1.75. The Morgan fingerprint density at radius 1 is 1.31 bits per heavy atom. The maximum atomic E-state index is 11.2. The third kappa shape index (κ3) is 1.74. The minimum atomic E-state index is -0.251. The second-order valence-corrected chi connectivity index (χ2v) is 4.05. The summed E-state index contributed by atoms with van der Waals surface area (Å²) in [6, 6.07) is 0. The number of hydrogen-bond donors (Lipinski definition) is 0. The van der Waals surface area contributed by atoms with Crippen LogP contribution in [0.2, 0.25) is 0 Å². The van der Waals surface area contributed by atoms with Gasteiger partial charge in [-0.15, -0.1) is 0 Å². The van der Waals surface area contributed by atoms with E-state index in [0.29, 0.717) is 13.0 Å². The number of carbonyl (C=O) groups excluding carboxylic acids is 2. The molecule has 0 bridgehead atoms. The zero-order chi connectivity index (χ0) is 9.26. The average Bonchev–Trinajstić information content (AvgIpc) is 2.33. The molecule has 0 aromatic rings. The van der Waals surface area contributed by atoms with E-state index in [-0.39, 0.29) is 11.7 Å². The van der Waals surface area contributed by atoms with E-state index >= 15 is 0 Å². The second kappa shape index (κ2) is 3.48. The van der Waals surface area contributed by atoms with E-state index in [1.807, 2.05) is 0 Å². The summed E-state index contributed by atoms with van der Waals surface area (Å²) in [6.45, 7) is 1.46. The molecule has 1 saturated heterocycles. The Labute approximate surface area is 78.1 Å². The second-order valence-electron chi connectivity index (χ2n) is 4.05. The summed E-state index contributed by atoms with van der Waals surface area (Å²) >= 11 is 0. The van der Waals surface area contributed by atoms with E-state index in [0.717, 1.165) is 18.9 Å². The van der Waals surface area contributed by atoms with Crippen molar-refractivity contribution in [2.45, 2.75) is 32.1 Å². The number of carbonyl (C=O) groups is 2. The molecular weight excluding hydrogens is 166 g/mol. The van der Waals surface area contributed by atoms with Gasteiger partial charge in [0.2, 0.25) is 5.78 Å². The highest BCUT2D eigenvalue weighted by molar-refractivity contribution is 6.37. The van der Waals surface area contributed by atoms with Crippen LogP contribution in [0.4, 0.5) is 0 Å². The molecule has 1 amide bonds. The van der Waals surface area contributed by atoms with Gasteiger partial charge in [0.05, 0.1) is 0 Å². The van der Waals surface area contributed by atoms with Gasteiger partial charge in [0.15, 0.2) is 0 Å². The summed E-state index contributed by atoms with van der Waals surface area (Å²) in [4.78, 5) is 23.8. The first kappa shape index (κ1) is 8.73. The number of amides is 1. The molecule has 0 atom stereocenters. The fourth-order valence-electron chi connectivity index (χ4n) is 1.95. The van der Waals surface area contributed by atoms with Crippen molar-refractivity contribution in [3.8, 4) is 0 Å². The largest absolute Gasteiger partial charge is 0.336 e. The van der Waals surface area contributed by atoms with Gasteiger partial charge in [0.25, 0.3) is 5.91 Å². The summed E-state index contributed by atoms with van der Waals surface area (Å²) in [7, 11) is 0. The summed E-state index contributed by atoms with van der Waals surface area (Å²) in [6.07, 6.45) is 5.51. The molecule has 3 heteroatoms. The highest BCUT2D eigenvalue weighted by atomic mass is 16.2. The summed E-state index contributed by atoms with van der Waals surface area (Å²) < 4.78 is 0. The summed E-state index contributed by atoms with van der Waals surface area (Å²) in [5, 5.41) is 0. The smallest absolute Gasteiger partial charge is 0.290 e. The lowest BCUT2D eigenvalue weighted by molar-refractivity contribution is -0.140. The molecule has 0 radical (unpaired) electrons. The lowest BCUT2D eigenvalue weighted by Crippen LogP contribution is -2.30. The quantitative estimate of drug-likeness (QED) is 0.608. The molecule has 2 fully saturated rings. The Morgan fingerprint density at radius 2 is 2.08 bits per heavy atom. The van der Waals surface area contributed by atoms with Gasteiger partial charge in [-0.2, -0.15) is 0 Å². The van der Waals surface area contributed by atoms with Gasteiger partial charge in [0.1, 0.15) is 0 Å². The number of likely N-dealkylation sites (tertiary alicyclic amines) is 1. The molecule has 13 heavy (non-hydrogen) atoms. The summed E-state index contributed by atoms with van der Waals surface area (Å²) in [5.41, 5.74) is 0. The first-order valence-corrected chi connectivity index (χ1v) is 5.09. The predicted octanol–water partition coefficient (Wildman–Crippen LogP) is 0.978. The van der Waals surface area contributed by atoms with E-state index in [1.165, 1.54) is 19.3 Å². The van der Waals surface area contributed by atoms with Gasteiger partial charge in [-0.3, -0.25) is 9.59 Å². The van der Waals surface area contributed by atoms with Crippen LogP contribution < -0.4 is 0 Å². The van der Waals surface area contributed by atoms with E-state index in [9.17, 15) is 9.59 Å². The molecule has 72 valence electrons. The number of rotatable bonds is 3. The van der Waals surface area contributed by atoms with Gasteiger partial charge in [-0.1, -0.05) is 19.3 Å². The van der Waals surface area contributed by atoms with Crippen molar-refractivity contribution >= 4 is 11.7 Å². The SMILES string of the molecule is O=C1CCN(CCC2CCC2)C1=O. The molecule has 1 saturated carbocycles. The van der Waals surface area contributed by atoms with Crippen molar-refractivity contribution in [2.75, 3.05) is 13.1 Å². The van der Waals surface area contributed by atoms with Crippen LogP contribution in [-0.4, -0.2) is 29.7 Å². The lowest BCUT2D eigenvalue weighted by atomic mass is 9.83. The molecule has 0 aromatic heterocycles. The van der Waals surface area contributed by atoms with Crippen LogP contribution in [0.25, 0.3) is 0 Å². The Hall–Kier alpha value is -0.860. The zero-order valence-corrected chi connectivity index (χ0v) is 7.79. The van der Waals surface area contributed by atoms with Crippen LogP contribution in [0, 0.1) is 5.92 Å². The van der Waals surface area contributed by atoms with Crippen molar-refractivity contribution in [1.82, 2.24) is 4.90 Å². The molecule has 0 spiro atoms. The van der Waals surface area contributed by atoms with Gasteiger partial charge in [-0.05, 0) is 12.3 Å². The van der Waals surface area contributed by atoms with Gasteiger partial charge in [0, 0.05) is 19.5 Å². The van der Waals surface area contributed by atoms with Gasteiger partial charge < -0.3 is 4.90 Å². The van der Waals surface area contributed by atoms with Crippen molar-refractivity contribution in [2.24, 2.45) is 5.92 Å². The Kier molecular flexibility index (Phi) is 2.34. The number of nitrogens with zero attached hydrogens (tertiary/aromatic N) is 1. The maximum Gasteiger partial charge on any atom is 0.290 e. The molecule has 1 aliphatic heterocycles. The number of ketones is 1. The fraction of sp³-hybridized carbons (Fsp3) is 0.800. The Morgan fingerprint density at radius 3 is 2.54 bits per heavy atom. The highest BCUT2D eigenvalue weighted by Gasteiger charge is 2.29. The van der Waals surface area contributed by atoms with Gasteiger partial charge in [-0.25, -0.2) is 0 Å². The van der Waals surface area contributed by atoms with Crippen LogP contribution in [-0.2, 0) is 9.59 Å². The van der Waals surface area contributed by atoms with Crippen molar-refractivity contribution in [1.29, 1.82) is 0 Å². The van der Waals surface area contributed by atoms with E-state index in [1.54, 1.807) is 4.90 Å². The van der Waals surface area contributed by atoms with E-state index in [2.05, 4.69) is 0 Å². The average molecular weight is 181 g/mol. The maximum absolute atomic E-state index is 11.2. The zero-order valence-electron chi connectivity index (χ0n) is 7.79. The molecule has 0 N–H and O–H groups in total. The number of hydrogen-bond acceptors (Lipinski definition) is 2. The molecule has 0 aromatic carbocycles. The Bertz CT molecular complexity index is 233. The third-order valence-electron chi connectivity index (χ3n) is 3.17. The standard InChI is InChI=1S/C10H15NO2/c12-9-5-7-11(10(9)13)6-4-8-2-1-3-8/h8H,1-7H2. The molecule has 1 aliphatic carbocycles. The molecule has 3 nitrogen and oxygen atoms in total. The van der Waals surface area contributed by atoms with Crippen LogP contribution in [0.1, 0.15) is 32.1 Å². The van der Waals surface area contributed by atoms with Crippen LogP contribution in [0.15, 0.2) is 0 Å². The van der Waals surface area contributed by atoms with E-state index in [4.69, 9.17) is 0 Å². The monoisotopic (exact) mass is 181 g/mol. The van der Waals surface area contributed by atoms with Crippen molar-refractivity contribution < 1.29 is 9.59 Å². The summed E-state index contributed by atoms with van der Waals surface area (Å²) in [5.74, 6) is 0.372. The molecule has 2 rings (SSSR count). The first-order valence-electron chi connectivity index (χ1n) is 5.09. The minimum Gasteiger partial charge on any atom is -0.336 e. The lowest BCUT2D eigenvalue weighted by Gasteiger charge is -2.27. The fourth-order valence-corrected chi connectivity index (χ4v) is 1.95. The predicted molar refractivity (Wildman–Crippen MR) is 48.2 cm³/mol. The van der Waals surface area contributed by atoms with Crippen molar-refractivity contribution in [3.63, 3.8) is 0 Å². The van der Waals surface area contributed by atoms with Crippen LogP contribution in [0.5, 0.6) is 0 Å². The van der Waals surface area contributed by atoms with Crippen LogP contribution >= 0.6 is 0 Å². The number of Topliss-reactive ketones (excluding diaryl/α,β-unsaturated/α-hetero) is 1. The van der Waals surface area contributed by atoms with Gasteiger partial charge >= 0.3 is 0 Å². The molecular formula is C10H15NO2. The third-order valence-corrected chi connectivity index (χ3v) is 3.17. The topological polar surface area (TPSA) is 37.4 Å². The molecule has 1 heterocycles. The first-order chi connectivity index (χ1) is 6.27.